The molecule has 6 nitrogen and oxygen atoms in total. The summed E-state index contributed by atoms with van der Waals surface area (Å²) in [5.74, 6) is -0.388. The van der Waals surface area contributed by atoms with E-state index in [0.717, 1.165) is 0 Å². The lowest BCUT2D eigenvalue weighted by atomic mass is 10.1. The third-order valence-corrected chi connectivity index (χ3v) is 3.38. The maximum absolute atomic E-state index is 12.0. The molecule has 0 aliphatic carbocycles. The van der Waals surface area contributed by atoms with Crippen LogP contribution in [-0.2, 0) is 17.8 Å². The van der Waals surface area contributed by atoms with Gasteiger partial charge in [-0.1, -0.05) is 29.7 Å². The number of amides is 1. The van der Waals surface area contributed by atoms with E-state index in [0.29, 0.717) is 23.8 Å². The summed E-state index contributed by atoms with van der Waals surface area (Å²) in [5.41, 5.74) is 0.716. The highest BCUT2D eigenvalue weighted by Crippen LogP contribution is 2.34. The van der Waals surface area contributed by atoms with Crippen LogP contribution in [0.15, 0.2) is 22.7 Å². The molecule has 1 aromatic heterocycles. The molecule has 1 aliphatic heterocycles. The Morgan fingerprint density at radius 1 is 1.35 bits per heavy atom. The zero-order valence-electron chi connectivity index (χ0n) is 10.6. The quantitative estimate of drug-likeness (QED) is 0.809. The molecule has 0 atom stereocenters. The van der Waals surface area contributed by atoms with Crippen LogP contribution in [0.2, 0.25) is 5.02 Å². The SMILES string of the molecule is CCc1nc(CN2C(=O)C(=O)c3c(Cl)cccc32)no1. The van der Waals surface area contributed by atoms with Gasteiger partial charge < -0.3 is 4.52 Å². The fraction of sp³-hybridized carbons (Fsp3) is 0.231. The summed E-state index contributed by atoms with van der Waals surface area (Å²) in [6.45, 7) is 1.97. The molecule has 3 rings (SSSR count). The van der Waals surface area contributed by atoms with Crippen LogP contribution >= 0.6 is 11.6 Å². The molecule has 2 aromatic rings. The van der Waals surface area contributed by atoms with E-state index in [4.69, 9.17) is 16.1 Å². The van der Waals surface area contributed by atoms with Crippen molar-refractivity contribution in [2.75, 3.05) is 4.90 Å². The van der Waals surface area contributed by atoms with Crippen molar-refractivity contribution >= 4 is 29.0 Å². The monoisotopic (exact) mass is 291 g/mol. The summed E-state index contributed by atoms with van der Waals surface area (Å²) in [4.78, 5) is 29.4. The van der Waals surface area contributed by atoms with Gasteiger partial charge in [-0.2, -0.15) is 4.98 Å². The smallest absolute Gasteiger partial charge is 0.299 e. The molecule has 0 N–H and O–H groups in total. The van der Waals surface area contributed by atoms with Crippen molar-refractivity contribution in [1.82, 2.24) is 10.1 Å². The van der Waals surface area contributed by atoms with Gasteiger partial charge in [-0.15, -0.1) is 0 Å². The molecular formula is C13H10ClN3O3. The normalized spacial score (nSPS) is 14.0. The second-order valence-corrected chi connectivity index (χ2v) is 4.72. The minimum Gasteiger partial charge on any atom is -0.339 e. The van der Waals surface area contributed by atoms with E-state index in [-0.39, 0.29) is 17.1 Å². The van der Waals surface area contributed by atoms with Crippen molar-refractivity contribution in [2.24, 2.45) is 0 Å². The summed E-state index contributed by atoms with van der Waals surface area (Å²) in [6.07, 6.45) is 0.613. The number of hydrogen-bond donors (Lipinski definition) is 0. The first kappa shape index (κ1) is 12.8. The number of anilines is 1. The first-order valence-electron chi connectivity index (χ1n) is 6.08. The molecule has 0 fully saturated rings. The van der Waals surface area contributed by atoms with Gasteiger partial charge in [0.05, 0.1) is 22.8 Å². The molecule has 0 saturated heterocycles. The Morgan fingerprint density at radius 2 is 2.15 bits per heavy atom. The average molecular weight is 292 g/mol. The number of carbonyl (C=O) groups is 2. The zero-order chi connectivity index (χ0) is 14.3. The lowest BCUT2D eigenvalue weighted by Gasteiger charge is -2.13. The van der Waals surface area contributed by atoms with E-state index in [9.17, 15) is 9.59 Å². The molecule has 7 heteroatoms. The van der Waals surface area contributed by atoms with Crippen molar-refractivity contribution in [3.05, 3.63) is 40.5 Å². The van der Waals surface area contributed by atoms with Gasteiger partial charge in [-0.3, -0.25) is 14.5 Å². The largest absolute Gasteiger partial charge is 0.339 e. The highest BCUT2D eigenvalue weighted by atomic mass is 35.5. The number of fused-ring (bicyclic) bond motifs is 1. The van der Waals surface area contributed by atoms with Crippen molar-refractivity contribution < 1.29 is 14.1 Å². The number of aromatic nitrogens is 2. The molecule has 1 amide bonds. The van der Waals surface area contributed by atoms with Crippen LogP contribution in [0.5, 0.6) is 0 Å². The predicted molar refractivity (Wildman–Crippen MR) is 70.6 cm³/mol. The second kappa shape index (κ2) is 4.72. The maximum Gasteiger partial charge on any atom is 0.299 e. The van der Waals surface area contributed by atoms with E-state index >= 15 is 0 Å². The predicted octanol–water partition coefficient (Wildman–Crippen LogP) is 2.01. The number of nitrogens with zero attached hydrogens (tertiary/aromatic N) is 3. The Kier molecular flexibility index (Phi) is 3.02. The second-order valence-electron chi connectivity index (χ2n) is 4.31. The highest BCUT2D eigenvalue weighted by molar-refractivity contribution is 6.55. The Morgan fingerprint density at radius 3 is 2.85 bits per heavy atom. The van der Waals surface area contributed by atoms with E-state index in [1.165, 1.54) is 4.90 Å². The van der Waals surface area contributed by atoms with E-state index in [2.05, 4.69) is 10.1 Å². The lowest BCUT2D eigenvalue weighted by Crippen LogP contribution is -2.29. The van der Waals surface area contributed by atoms with Crippen LogP contribution in [0.3, 0.4) is 0 Å². The van der Waals surface area contributed by atoms with Crippen LogP contribution in [-0.4, -0.2) is 21.8 Å². The fourth-order valence-electron chi connectivity index (χ4n) is 2.10. The summed E-state index contributed by atoms with van der Waals surface area (Å²) in [7, 11) is 0. The van der Waals surface area contributed by atoms with Gasteiger partial charge in [0.1, 0.15) is 0 Å². The molecule has 102 valence electrons. The van der Waals surface area contributed by atoms with E-state index in [1.54, 1.807) is 18.2 Å². The van der Waals surface area contributed by atoms with Crippen molar-refractivity contribution in [1.29, 1.82) is 0 Å². The minimum absolute atomic E-state index is 0.0847. The number of aryl methyl sites for hydroxylation is 1. The number of ketones is 1. The van der Waals surface area contributed by atoms with E-state index < -0.39 is 11.7 Å². The Labute approximate surface area is 119 Å². The highest BCUT2D eigenvalue weighted by Gasteiger charge is 2.38. The third kappa shape index (κ3) is 1.89. The number of carbonyl (C=O) groups excluding carboxylic acids is 2. The van der Waals surface area contributed by atoms with Crippen molar-refractivity contribution in [3.63, 3.8) is 0 Å². The molecule has 0 saturated carbocycles. The first-order chi connectivity index (χ1) is 9.61. The van der Waals surface area contributed by atoms with Crippen LogP contribution in [0.25, 0.3) is 0 Å². The Balaban J connectivity index is 1.97. The van der Waals surface area contributed by atoms with Crippen LogP contribution < -0.4 is 4.90 Å². The summed E-state index contributed by atoms with van der Waals surface area (Å²) in [5, 5.41) is 4.05. The molecule has 0 spiro atoms. The summed E-state index contributed by atoms with van der Waals surface area (Å²) in [6, 6.07) is 4.94. The van der Waals surface area contributed by atoms with Crippen LogP contribution in [0.1, 0.15) is 29.0 Å². The number of rotatable bonds is 3. The number of hydrogen-bond acceptors (Lipinski definition) is 5. The molecule has 0 bridgehead atoms. The van der Waals surface area contributed by atoms with E-state index in [1.807, 2.05) is 6.92 Å². The Hall–Kier alpha value is -2.21. The summed E-state index contributed by atoms with van der Waals surface area (Å²) >= 11 is 5.98. The van der Waals surface area contributed by atoms with Gasteiger partial charge in [0, 0.05) is 6.42 Å². The minimum atomic E-state index is -0.629. The molecule has 0 radical (unpaired) electrons. The van der Waals surface area contributed by atoms with Gasteiger partial charge >= 0.3 is 0 Å². The molecule has 2 heterocycles. The van der Waals surface area contributed by atoms with Gasteiger partial charge in [-0.25, -0.2) is 0 Å². The number of halogens is 1. The molecule has 20 heavy (non-hydrogen) atoms. The number of benzene rings is 1. The first-order valence-corrected chi connectivity index (χ1v) is 6.45. The Bertz CT molecular complexity index is 711. The standard InChI is InChI=1S/C13H10ClN3O3/c1-2-10-15-9(16-20-10)6-17-8-5-3-4-7(14)11(8)12(18)13(17)19/h3-5H,2,6H2,1H3. The maximum atomic E-state index is 12.0. The van der Waals surface area contributed by atoms with Gasteiger partial charge in [0.25, 0.3) is 11.7 Å². The fourth-order valence-corrected chi connectivity index (χ4v) is 2.35. The molecule has 1 aromatic carbocycles. The lowest BCUT2D eigenvalue weighted by molar-refractivity contribution is -0.114. The van der Waals surface area contributed by atoms with Crippen molar-refractivity contribution in [2.45, 2.75) is 19.9 Å². The van der Waals surface area contributed by atoms with Crippen molar-refractivity contribution in [3.8, 4) is 0 Å². The zero-order valence-corrected chi connectivity index (χ0v) is 11.3. The summed E-state index contributed by atoms with van der Waals surface area (Å²) < 4.78 is 4.99. The van der Waals surface area contributed by atoms with Crippen LogP contribution in [0.4, 0.5) is 5.69 Å². The van der Waals surface area contributed by atoms with Gasteiger partial charge in [-0.05, 0) is 12.1 Å². The average Bonchev–Trinajstić information content (AvgIpc) is 2.99. The topological polar surface area (TPSA) is 76.3 Å². The molecule has 1 aliphatic rings. The molecule has 0 unspecified atom stereocenters. The third-order valence-electron chi connectivity index (χ3n) is 3.06. The number of Topliss-reactive ketones (excluding diaryl/α,β-unsaturated/α-hetero) is 1. The molecular weight excluding hydrogens is 282 g/mol. The van der Waals surface area contributed by atoms with Gasteiger partial charge in [0.15, 0.2) is 5.82 Å². The van der Waals surface area contributed by atoms with Crippen LogP contribution in [0, 0.1) is 0 Å². The van der Waals surface area contributed by atoms with Gasteiger partial charge in [0.2, 0.25) is 5.89 Å².